The summed E-state index contributed by atoms with van der Waals surface area (Å²) in [5, 5.41) is 0. The lowest BCUT2D eigenvalue weighted by molar-refractivity contribution is 0.415. The van der Waals surface area contributed by atoms with Crippen molar-refractivity contribution in [2.45, 2.75) is 0 Å². The van der Waals surface area contributed by atoms with Gasteiger partial charge in [0.25, 0.3) is 0 Å². The van der Waals surface area contributed by atoms with Gasteiger partial charge in [0.05, 0.1) is 11.6 Å². The molecule has 98 valence electrons. The summed E-state index contributed by atoms with van der Waals surface area (Å²) in [6, 6.07) is 10.1. The molecule has 0 bridgehead atoms. The summed E-state index contributed by atoms with van der Waals surface area (Å²) in [6.07, 6.45) is 3.54. The van der Waals surface area contributed by atoms with Crippen LogP contribution in [0.1, 0.15) is 11.1 Å². The highest BCUT2D eigenvalue weighted by atomic mass is 79.9. The van der Waals surface area contributed by atoms with E-state index in [-0.39, 0.29) is 4.47 Å². The largest absolute Gasteiger partial charge is 0.497 e. The van der Waals surface area contributed by atoms with Gasteiger partial charge in [0.2, 0.25) is 0 Å². The van der Waals surface area contributed by atoms with Crippen LogP contribution < -0.4 is 4.74 Å². The molecule has 0 atom stereocenters. The van der Waals surface area contributed by atoms with E-state index in [0.717, 1.165) is 17.4 Å². The summed E-state index contributed by atoms with van der Waals surface area (Å²) in [5.41, 5.74) is 1.53. The van der Waals surface area contributed by atoms with Crippen molar-refractivity contribution >= 4 is 28.1 Å². The van der Waals surface area contributed by atoms with Gasteiger partial charge in [-0.3, -0.25) is 0 Å². The standard InChI is InChI=1S/C15H11BrF2O/c1-19-12-6-4-10(5-7-12)2-3-11-8-13(16)15(18)14(17)9-11/h2-9H,1H3. The van der Waals surface area contributed by atoms with Gasteiger partial charge in [-0.1, -0.05) is 24.3 Å². The molecular weight excluding hydrogens is 314 g/mol. The van der Waals surface area contributed by atoms with Crippen LogP contribution in [0.25, 0.3) is 12.2 Å². The second-order valence-electron chi connectivity index (χ2n) is 3.91. The van der Waals surface area contributed by atoms with E-state index in [2.05, 4.69) is 15.9 Å². The number of methoxy groups -OCH3 is 1. The monoisotopic (exact) mass is 324 g/mol. The molecular formula is C15H11BrF2O. The fourth-order valence-corrected chi connectivity index (χ4v) is 2.03. The van der Waals surface area contributed by atoms with Crippen molar-refractivity contribution in [3.05, 3.63) is 63.6 Å². The van der Waals surface area contributed by atoms with Gasteiger partial charge in [0.1, 0.15) is 5.75 Å². The van der Waals surface area contributed by atoms with Crippen molar-refractivity contribution in [1.29, 1.82) is 0 Å². The zero-order valence-corrected chi connectivity index (χ0v) is 11.7. The zero-order valence-electron chi connectivity index (χ0n) is 10.2. The Hall–Kier alpha value is -1.68. The number of hydrogen-bond donors (Lipinski definition) is 0. The van der Waals surface area contributed by atoms with Crippen LogP contribution in [-0.4, -0.2) is 7.11 Å². The minimum Gasteiger partial charge on any atom is -0.497 e. The fourth-order valence-electron chi connectivity index (χ4n) is 1.58. The number of rotatable bonds is 3. The van der Waals surface area contributed by atoms with E-state index in [1.54, 1.807) is 13.2 Å². The Morgan fingerprint density at radius 3 is 2.21 bits per heavy atom. The first kappa shape index (κ1) is 13.7. The van der Waals surface area contributed by atoms with Crippen LogP contribution in [0, 0.1) is 11.6 Å². The molecule has 0 unspecified atom stereocenters. The van der Waals surface area contributed by atoms with Crippen molar-refractivity contribution in [2.24, 2.45) is 0 Å². The lowest BCUT2D eigenvalue weighted by Gasteiger charge is -2.01. The van der Waals surface area contributed by atoms with E-state index < -0.39 is 11.6 Å². The third kappa shape index (κ3) is 3.41. The topological polar surface area (TPSA) is 9.23 Å². The first-order valence-electron chi connectivity index (χ1n) is 5.57. The minimum atomic E-state index is -0.874. The second-order valence-corrected chi connectivity index (χ2v) is 4.76. The maximum Gasteiger partial charge on any atom is 0.173 e. The molecule has 19 heavy (non-hydrogen) atoms. The molecule has 2 aromatic rings. The molecule has 0 aliphatic carbocycles. The Kier molecular flexibility index (Phi) is 4.32. The van der Waals surface area contributed by atoms with Crippen LogP contribution in [0.5, 0.6) is 5.75 Å². The SMILES string of the molecule is COc1ccc(C=Cc2cc(F)c(F)c(Br)c2)cc1. The van der Waals surface area contributed by atoms with Crippen LogP contribution in [0.3, 0.4) is 0 Å². The molecule has 0 aromatic heterocycles. The first-order valence-corrected chi connectivity index (χ1v) is 6.36. The average molecular weight is 325 g/mol. The summed E-state index contributed by atoms with van der Waals surface area (Å²) in [4.78, 5) is 0. The van der Waals surface area contributed by atoms with Crippen molar-refractivity contribution in [3.8, 4) is 5.75 Å². The van der Waals surface area contributed by atoms with E-state index in [1.807, 2.05) is 30.3 Å². The molecule has 0 saturated carbocycles. The Labute approximate surface area is 118 Å². The predicted octanol–water partition coefficient (Wildman–Crippen LogP) is 4.91. The number of ether oxygens (including phenoxy) is 1. The van der Waals surface area contributed by atoms with Gasteiger partial charge in [0.15, 0.2) is 11.6 Å². The highest BCUT2D eigenvalue weighted by Crippen LogP contribution is 2.22. The summed E-state index contributed by atoms with van der Waals surface area (Å²) in [7, 11) is 1.60. The Morgan fingerprint density at radius 2 is 1.63 bits per heavy atom. The number of halogens is 3. The highest BCUT2D eigenvalue weighted by Gasteiger charge is 2.06. The van der Waals surface area contributed by atoms with Gasteiger partial charge < -0.3 is 4.74 Å². The molecule has 0 aliphatic rings. The zero-order chi connectivity index (χ0) is 13.8. The van der Waals surface area contributed by atoms with Crippen LogP contribution >= 0.6 is 15.9 Å². The second kappa shape index (κ2) is 5.97. The molecule has 1 nitrogen and oxygen atoms in total. The quantitative estimate of drug-likeness (QED) is 0.576. The lowest BCUT2D eigenvalue weighted by Crippen LogP contribution is -1.87. The number of benzene rings is 2. The van der Waals surface area contributed by atoms with Gasteiger partial charge in [0, 0.05) is 0 Å². The molecule has 0 heterocycles. The van der Waals surface area contributed by atoms with Gasteiger partial charge in [-0.15, -0.1) is 0 Å². The summed E-state index contributed by atoms with van der Waals surface area (Å²) in [6.45, 7) is 0. The Bertz CT molecular complexity index is 583. The van der Waals surface area contributed by atoms with E-state index >= 15 is 0 Å². The van der Waals surface area contributed by atoms with E-state index in [9.17, 15) is 8.78 Å². The maximum absolute atomic E-state index is 13.2. The molecule has 0 saturated heterocycles. The van der Waals surface area contributed by atoms with Crippen LogP contribution in [0.2, 0.25) is 0 Å². The first-order chi connectivity index (χ1) is 9.10. The molecule has 2 rings (SSSR count). The third-order valence-corrected chi connectivity index (χ3v) is 3.17. The molecule has 2 aromatic carbocycles. The fraction of sp³-hybridized carbons (Fsp3) is 0.0667. The van der Waals surface area contributed by atoms with Crippen molar-refractivity contribution in [3.63, 3.8) is 0 Å². The van der Waals surface area contributed by atoms with Crippen molar-refractivity contribution in [1.82, 2.24) is 0 Å². The molecule has 0 radical (unpaired) electrons. The summed E-state index contributed by atoms with van der Waals surface area (Å²) < 4.78 is 31.5. The molecule has 0 amide bonds. The maximum atomic E-state index is 13.2. The molecule has 0 fully saturated rings. The van der Waals surface area contributed by atoms with Crippen LogP contribution in [0.4, 0.5) is 8.78 Å². The smallest absolute Gasteiger partial charge is 0.173 e. The van der Waals surface area contributed by atoms with E-state index in [1.165, 1.54) is 6.07 Å². The van der Waals surface area contributed by atoms with Crippen molar-refractivity contribution < 1.29 is 13.5 Å². The van der Waals surface area contributed by atoms with E-state index in [4.69, 9.17) is 4.74 Å². The van der Waals surface area contributed by atoms with E-state index in [0.29, 0.717) is 5.56 Å². The normalized spacial score (nSPS) is 10.9. The van der Waals surface area contributed by atoms with Crippen molar-refractivity contribution in [2.75, 3.05) is 7.11 Å². The summed E-state index contributed by atoms with van der Waals surface area (Å²) >= 11 is 2.98. The molecule has 0 aliphatic heterocycles. The molecule has 4 heteroatoms. The highest BCUT2D eigenvalue weighted by molar-refractivity contribution is 9.10. The molecule has 0 spiro atoms. The van der Waals surface area contributed by atoms with Crippen LogP contribution in [-0.2, 0) is 0 Å². The predicted molar refractivity (Wildman–Crippen MR) is 76.0 cm³/mol. The minimum absolute atomic E-state index is 0.113. The van der Waals surface area contributed by atoms with Gasteiger partial charge in [-0.2, -0.15) is 0 Å². The third-order valence-electron chi connectivity index (χ3n) is 2.59. The van der Waals surface area contributed by atoms with Crippen LogP contribution in [0.15, 0.2) is 40.9 Å². The molecule has 0 N–H and O–H groups in total. The summed E-state index contributed by atoms with van der Waals surface area (Å²) in [5.74, 6) is -0.974. The Morgan fingerprint density at radius 1 is 1.00 bits per heavy atom. The number of hydrogen-bond acceptors (Lipinski definition) is 1. The lowest BCUT2D eigenvalue weighted by atomic mass is 10.1. The van der Waals surface area contributed by atoms with Gasteiger partial charge >= 0.3 is 0 Å². The van der Waals surface area contributed by atoms with Gasteiger partial charge in [-0.25, -0.2) is 8.78 Å². The van der Waals surface area contributed by atoms with Gasteiger partial charge in [-0.05, 0) is 51.3 Å². The Balaban J connectivity index is 2.22. The average Bonchev–Trinajstić information content (AvgIpc) is 2.43.